The van der Waals surface area contributed by atoms with E-state index >= 15 is 0 Å². The van der Waals surface area contributed by atoms with Crippen LogP contribution in [0, 0.1) is 27.7 Å². The summed E-state index contributed by atoms with van der Waals surface area (Å²) in [5.74, 6) is -0.181. The third kappa shape index (κ3) is 5.19. The van der Waals surface area contributed by atoms with Gasteiger partial charge in [-0.1, -0.05) is 42.0 Å². The Morgan fingerprint density at radius 3 is 2.47 bits per heavy atom. The Balaban J connectivity index is 1.51. The van der Waals surface area contributed by atoms with Gasteiger partial charge in [0.05, 0.1) is 23.6 Å². The number of ether oxygens (including phenoxy) is 1. The molecule has 0 radical (unpaired) electrons. The van der Waals surface area contributed by atoms with Gasteiger partial charge < -0.3 is 9.64 Å². The van der Waals surface area contributed by atoms with Crippen LogP contribution in [-0.4, -0.2) is 55.9 Å². The maximum absolute atomic E-state index is 14.2. The molecule has 0 bridgehead atoms. The Labute approximate surface area is 230 Å². The molecule has 3 heterocycles. The molecule has 1 fully saturated rings. The topological polar surface area (TPSA) is 66.9 Å². The van der Waals surface area contributed by atoms with E-state index in [1.807, 2.05) is 49.9 Å². The van der Waals surface area contributed by atoms with E-state index in [2.05, 4.69) is 30.5 Å². The quantitative estimate of drug-likeness (QED) is 0.398. The van der Waals surface area contributed by atoms with Crippen LogP contribution >= 0.6 is 11.3 Å². The van der Waals surface area contributed by atoms with Crippen LogP contribution in [0.15, 0.2) is 52.7 Å². The van der Waals surface area contributed by atoms with Crippen molar-refractivity contribution in [3.05, 3.63) is 86.1 Å². The zero-order valence-corrected chi connectivity index (χ0v) is 24.2. The van der Waals surface area contributed by atoms with Crippen LogP contribution in [0.2, 0.25) is 0 Å². The van der Waals surface area contributed by atoms with Gasteiger partial charge in [-0.15, -0.1) is 11.3 Å². The zero-order chi connectivity index (χ0) is 27.0. The number of aryl methyl sites for hydroxylation is 4. The smallest absolute Gasteiger partial charge is 0.244 e. The molecule has 2 aliphatic rings. The second kappa shape index (κ2) is 10.9. The highest BCUT2D eigenvalue weighted by Gasteiger charge is 2.38. The first-order chi connectivity index (χ1) is 18.2. The molecule has 0 spiro atoms. The molecule has 2 aromatic carbocycles. The van der Waals surface area contributed by atoms with Crippen molar-refractivity contribution in [1.82, 2.24) is 9.21 Å². The summed E-state index contributed by atoms with van der Waals surface area (Å²) in [4.78, 5) is 17.6. The maximum atomic E-state index is 14.2. The molecule has 8 heteroatoms. The van der Waals surface area contributed by atoms with Crippen LogP contribution in [0.1, 0.15) is 57.1 Å². The Hall–Kier alpha value is -2.52. The Kier molecular flexibility index (Phi) is 7.78. The van der Waals surface area contributed by atoms with Gasteiger partial charge in [-0.2, -0.15) is 4.31 Å². The molecular weight excluding hydrogens is 516 g/mol. The number of amides is 1. The molecule has 1 saturated heterocycles. The van der Waals surface area contributed by atoms with Crippen molar-refractivity contribution in [3.8, 4) is 0 Å². The van der Waals surface area contributed by atoms with E-state index in [9.17, 15) is 13.2 Å². The molecule has 202 valence electrons. The highest BCUT2D eigenvalue weighted by molar-refractivity contribution is 7.89. The third-order valence-corrected chi connectivity index (χ3v) is 10.8. The van der Waals surface area contributed by atoms with Gasteiger partial charge in [0.25, 0.3) is 0 Å². The number of carbonyl (C=O) groups excluding carboxylic acids is 1. The number of fused-ring (bicyclic) bond motifs is 1. The minimum atomic E-state index is -3.93. The summed E-state index contributed by atoms with van der Waals surface area (Å²) in [5, 5.41) is 2.08. The number of hydrogen-bond donors (Lipinski definition) is 0. The highest BCUT2D eigenvalue weighted by atomic mass is 32.2. The van der Waals surface area contributed by atoms with Gasteiger partial charge in [0, 0.05) is 24.6 Å². The minimum Gasteiger partial charge on any atom is -0.377 e. The van der Waals surface area contributed by atoms with Crippen LogP contribution in [0.25, 0.3) is 0 Å². The van der Waals surface area contributed by atoms with Gasteiger partial charge in [0.1, 0.15) is 0 Å². The first-order valence-electron chi connectivity index (χ1n) is 13.3. The zero-order valence-electron chi connectivity index (χ0n) is 22.6. The van der Waals surface area contributed by atoms with Crippen molar-refractivity contribution in [2.24, 2.45) is 0 Å². The van der Waals surface area contributed by atoms with Crippen molar-refractivity contribution in [2.75, 3.05) is 26.2 Å². The lowest BCUT2D eigenvalue weighted by Crippen LogP contribution is -2.48. The molecule has 2 atom stereocenters. The lowest BCUT2D eigenvalue weighted by atomic mass is 9.90. The summed E-state index contributed by atoms with van der Waals surface area (Å²) in [6.45, 7) is 8.83. The summed E-state index contributed by atoms with van der Waals surface area (Å²) in [5.41, 5.74) is 5.75. The number of sulfonamides is 1. The largest absolute Gasteiger partial charge is 0.377 e. The molecule has 0 unspecified atom stereocenters. The number of benzene rings is 2. The van der Waals surface area contributed by atoms with Crippen molar-refractivity contribution in [1.29, 1.82) is 0 Å². The molecular formula is C30H36N2O4S2. The number of hydrogen-bond acceptors (Lipinski definition) is 5. The highest BCUT2D eigenvalue weighted by Crippen LogP contribution is 2.39. The molecule has 0 saturated carbocycles. The predicted molar refractivity (Wildman–Crippen MR) is 151 cm³/mol. The van der Waals surface area contributed by atoms with Crippen molar-refractivity contribution in [3.63, 3.8) is 0 Å². The van der Waals surface area contributed by atoms with Crippen molar-refractivity contribution in [2.45, 2.75) is 64.0 Å². The number of nitrogens with zero attached hydrogens (tertiary/aromatic N) is 2. The fourth-order valence-electron chi connectivity index (χ4n) is 6.02. The first-order valence-corrected chi connectivity index (χ1v) is 15.6. The van der Waals surface area contributed by atoms with Gasteiger partial charge >= 0.3 is 0 Å². The third-order valence-electron chi connectivity index (χ3n) is 7.71. The summed E-state index contributed by atoms with van der Waals surface area (Å²) >= 11 is 1.72. The summed E-state index contributed by atoms with van der Waals surface area (Å²) in [6, 6.07) is 13.8. The lowest BCUT2D eigenvalue weighted by molar-refractivity contribution is -0.133. The monoisotopic (exact) mass is 552 g/mol. The maximum Gasteiger partial charge on any atom is 0.244 e. The second-order valence-corrected chi connectivity index (χ2v) is 13.4. The Morgan fingerprint density at radius 1 is 1.05 bits per heavy atom. The normalized spacial score (nSPS) is 19.7. The van der Waals surface area contributed by atoms with Crippen LogP contribution < -0.4 is 0 Å². The second-order valence-electron chi connectivity index (χ2n) is 10.6. The van der Waals surface area contributed by atoms with E-state index in [0.717, 1.165) is 41.5 Å². The molecule has 2 aliphatic heterocycles. The average molecular weight is 553 g/mol. The van der Waals surface area contributed by atoms with Crippen LogP contribution in [0.3, 0.4) is 0 Å². The fourth-order valence-corrected chi connectivity index (χ4v) is 8.76. The average Bonchev–Trinajstić information content (AvgIpc) is 3.54. The molecule has 3 aromatic rings. The Bertz CT molecular complexity index is 1420. The van der Waals surface area contributed by atoms with Crippen LogP contribution in [0.5, 0.6) is 0 Å². The standard InChI is InChI=1S/C30H36N2O4S2/c1-20-16-22(3)30(23(4)17-20)38(34,35)31(18-24-9-7-14-36-24)19-28(33)32-13-11-27-26(12-15-37-27)29(32)25-10-6-5-8-21(25)2/h5-6,8,10,12,15-17,24,29H,7,9,11,13-14,18-19H2,1-4H3/t24-,29-/m0/s1. The number of carbonyl (C=O) groups is 1. The minimum absolute atomic E-state index is 0.174. The first kappa shape index (κ1) is 27.1. The molecule has 0 aliphatic carbocycles. The van der Waals surface area contributed by atoms with E-state index < -0.39 is 10.0 Å². The van der Waals surface area contributed by atoms with Crippen LogP contribution in [-0.2, 0) is 26.0 Å². The summed E-state index contributed by atoms with van der Waals surface area (Å²) < 4.78 is 35.5. The molecule has 0 N–H and O–H groups in total. The van der Waals surface area contributed by atoms with Gasteiger partial charge in [-0.3, -0.25) is 4.79 Å². The van der Waals surface area contributed by atoms with Crippen LogP contribution in [0.4, 0.5) is 0 Å². The molecule has 38 heavy (non-hydrogen) atoms. The van der Waals surface area contributed by atoms with E-state index in [0.29, 0.717) is 29.2 Å². The van der Waals surface area contributed by atoms with Crippen molar-refractivity contribution < 1.29 is 17.9 Å². The predicted octanol–water partition coefficient (Wildman–Crippen LogP) is 5.33. The Morgan fingerprint density at radius 2 is 1.79 bits per heavy atom. The molecule has 1 aromatic heterocycles. The van der Waals surface area contributed by atoms with Gasteiger partial charge in [-0.05, 0) is 86.2 Å². The van der Waals surface area contributed by atoms with E-state index in [4.69, 9.17) is 4.74 Å². The van der Waals surface area contributed by atoms with Crippen molar-refractivity contribution >= 4 is 27.3 Å². The number of rotatable bonds is 7. The van der Waals surface area contributed by atoms with E-state index in [1.54, 1.807) is 11.3 Å². The molecule has 6 nitrogen and oxygen atoms in total. The van der Waals surface area contributed by atoms with Gasteiger partial charge in [0.2, 0.25) is 15.9 Å². The summed E-state index contributed by atoms with van der Waals surface area (Å²) in [6.07, 6.45) is 2.26. The summed E-state index contributed by atoms with van der Waals surface area (Å²) in [7, 11) is -3.93. The molecule has 1 amide bonds. The van der Waals surface area contributed by atoms with E-state index in [-0.39, 0.29) is 31.1 Å². The fraction of sp³-hybridized carbons (Fsp3) is 0.433. The van der Waals surface area contributed by atoms with Gasteiger partial charge in [-0.25, -0.2) is 8.42 Å². The lowest BCUT2D eigenvalue weighted by Gasteiger charge is -2.38. The SMILES string of the molecule is Cc1cc(C)c(S(=O)(=O)N(CC(=O)N2CCc3sccc3[C@@H]2c2ccccc2C)C[C@@H]2CCCO2)c(C)c1. The van der Waals surface area contributed by atoms with E-state index in [1.165, 1.54) is 9.18 Å². The van der Waals surface area contributed by atoms with Gasteiger partial charge in [0.15, 0.2) is 0 Å². The number of thiophene rings is 1. The molecule has 5 rings (SSSR count).